The van der Waals surface area contributed by atoms with Gasteiger partial charge in [-0.2, -0.15) is 0 Å². The minimum absolute atomic E-state index is 0.189. The molecule has 3 nitrogen and oxygen atoms in total. The Hall–Kier alpha value is -0.570. The van der Waals surface area contributed by atoms with E-state index in [0.29, 0.717) is 13.2 Å². The fourth-order valence-electron chi connectivity index (χ4n) is 1.31. The van der Waals surface area contributed by atoms with Crippen LogP contribution in [0.15, 0.2) is 0 Å². The zero-order valence-electron chi connectivity index (χ0n) is 11.0. The van der Waals surface area contributed by atoms with Crippen molar-refractivity contribution in [1.82, 2.24) is 0 Å². The van der Waals surface area contributed by atoms with Gasteiger partial charge in [0.05, 0.1) is 6.61 Å². The summed E-state index contributed by atoms with van der Waals surface area (Å²) >= 11 is 0. The van der Waals surface area contributed by atoms with Crippen molar-refractivity contribution in [3.63, 3.8) is 0 Å². The Bertz CT molecular complexity index is 169. The average Bonchev–Trinajstić information content (AvgIpc) is 2.28. The molecule has 1 atom stereocenters. The largest absolute Gasteiger partial charge is 0.464 e. The summed E-state index contributed by atoms with van der Waals surface area (Å²) in [5, 5.41) is 0. The maximum atomic E-state index is 11.7. The van der Waals surface area contributed by atoms with E-state index in [4.69, 9.17) is 9.47 Å². The molecule has 0 radical (unpaired) electrons. The molecule has 16 heavy (non-hydrogen) atoms. The Balaban J connectivity index is 3.82. The molecule has 0 saturated heterocycles. The molecule has 0 spiro atoms. The standard InChI is InChI=1S/C13H26O3/c1-4-7-10-15-12(9-6-3)13(14)16-11-8-5-2/h12H,4-11H2,1-3H3. The minimum atomic E-state index is -0.353. The van der Waals surface area contributed by atoms with E-state index in [-0.39, 0.29) is 12.1 Å². The predicted octanol–water partition coefficient (Wildman–Crippen LogP) is 3.32. The molecule has 0 aliphatic carbocycles. The lowest BCUT2D eigenvalue weighted by Gasteiger charge is -2.15. The number of hydrogen-bond acceptors (Lipinski definition) is 3. The highest BCUT2D eigenvalue weighted by molar-refractivity contribution is 5.74. The Labute approximate surface area is 99.5 Å². The van der Waals surface area contributed by atoms with Gasteiger partial charge >= 0.3 is 5.97 Å². The van der Waals surface area contributed by atoms with Crippen LogP contribution in [0.5, 0.6) is 0 Å². The van der Waals surface area contributed by atoms with E-state index in [1.54, 1.807) is 0 Å². The molecule has 3 heteroatoms. The van der Waals surface area contributed by atoms with Crippen molar-refractivity contribution in [1.29, 1.82) is 0 Å². The quantitative estimate of drug-likeness (QED) is 0.426. The number of esters is 1. The third-order valence-electron chi connectivity index (χ3n) is 2.37. The zero-order chi connectivity index (χ0) is 12.2. The Morgan fingerprint density at radius 1 is 1.00 bits per heavy atom. The van der Waals surface area contributed by atoms with Gasteiger partial charge in [0.2, 0.25) is 0 Å². The van der Waals surface area contributed by atoms with E-state index in [9.17, 15) is 4.79 Å². The Kier molecular flexibility index (Phi) is 10.5. The SMILES string of the molecule is CCCCOC(=O)C(CCC)OCCCC. The van der Waals surface area contributed by atoms with E-state index in [1.807, 2.05) is 0 Å². The molecule has 0 aromatic heterocycles. The lowest BCUT2D eigenvalue weighted by atomic mass is 10.2. The van der Waals surface area contributed by atoms with Crippen molar-refractivity contribution >= 4 is 5.97 Å². The number of ether oxygens (including phenoxy) is 2. The van der Waals surface area contributed by atoms with Gasteiger partial charge in [0.15, 0.2) is 6.10 Å². The van der Waals surface area contributed by atoms with Crippen LogP contribution in [0.3, 0.4) is 0 Å². The van der Waals surface area contributed by atoms with Gasteiger partial charge in [0.1, 0.15) is 0 Å². The summed E-state index contributed by atoms with van der Waals surface area (Å²) in [4.78, 5) is 11.7. The molecule has 0 aromatic rings. The fraction of sp³-hybridized carbons (Fsp3) is 0.923. The molecular formula is C13H26O3. The lowest BCUT2D eigenvalue weighted by Crippen LogP contribution is -2.27. The van der Waals surface area contributed by atoms with Crippen molar-refractivity contribution in [2.45, 2.75) is 65.4 Å². The number of carbonyl (C=O) groups excluding carboxylic acids is 1. The number of carbonyl (C=O) groups is 1. The number of rotatable bonds is 10. The predicted molar refractivity (Wildman–Crippen MR) is 65.4 cm³/mol. The molecule has 1 unspecified atom stereocenters. The maximum absolute atomic E-state index is 11.7. The van der Waals surface area contributed by atoms with Gasteiger partial charge in [-0.15, -0.1) is 0 Å². The van der Waals surface area contributed by atoms with Crippen LogP contribution in [0.2, 0.25) is 0 Å². The molecule has 0 aromatic carbocycles. The third kappa shape index (κ3) is 7.69. The molecule has 0 saturated carbocycles. The van der Waals surface area contributed by atoms with Crippen molar-refractivity contribution in [3.8, 4) is 0 Å². The van der Waals surface area contributed by atoms with Crippen LogP contribution in [0.25, 0.3) is 0 Å². The van der Waals surface area contributed by atoms with Gasteiger partial charge in [-0.3, -0.25) is 0 Å². The van der Waals surface area contributed by atoms with E-state index in [1.165, 1.54) is 0 Å². The number of hydrogen-bond donors (Lipinski definition) is 0. The van der Waals surface area contributed by atoms with Crippen LogP contribution in [0.4, 0.5) is 0 Å². The monoisotopic (exact) mass is 230 g/mol. The highest BCUT2D eigenvalue weighted by atomic mass is 16.6. The smallest absolute Gasteiger partial charge is 0.335 e. The summed E-state index contributed by atoms with van der Waals surface area (Å²) in [5.74, 6) is -0.189. The highest BCUT2D eigenvalue weighted by Gasteiger charge is 2.19. The molecule has 0 heterocycles. The topological polar surface area (TPSA) is 35.5 Å². The normalized spacial score (nSPS) is 12.4. The molecule has 0 amide bonds. The van der Waals surface area contributed by atoms with E-state index >= 15 is 0 Å². The van der Waals surface area contributed by atoms with E-state index in [0.717, 1.165) is 38.5 Å². The van der Waals surface area contributed by atoms with Crippen molar-refractivity contribution in [2.75, 3.05) is 13.2 Å². The van der Waals surface area contributed by atoms with Crippen LogP contribution in [-0.2, 0) is 14.3 Å². The molecule has 0 bridgehead atoms. The third-order valence-corrected chi connectivity index (χ3v) is 2.37. The molecular weight excluding hydrogens is 204 g/mol. The Morgan fingerprint density at radius 3 is 2.19 bits per heavy atom. The Morgan fingerprint density at radius 2 is 1.62 bits per heavy atom. The van der Waals surface area contributed by atoms with Crippen LogP contribution >= 0.6 is 0 Å². The lowest BCUT2D eigenvalue weighted by molar-refractivity contribution is -0.158. The summed E-state index contributed by atoms with van der Waals surface area (Å²) in [6.45, 7) is 7.42. The van der Waals surface area contributed by atoms with Crippen LogP contribution in [0.1, 0.15) is 59.3 Å². The van der Waals surface area contributed by atoms with E-state index < -0.39 is 0 Å². The van der Waals surface area contributed by atoms with Gasteiger partial charge in [-0.25, -0.2) is 4.79 Å². The second-order valence-electron chi connectivity index (χ2n) is 4.02. The molecule has 0 aliphatic rings. The van der Waals surface area contributed by atoms with Crippen LogP contribution < -0.4 is 0 Å². The van der Waals surface area contributed by atoms with Gasteiger partial charge in [0, 0.05) is 6.61 Å². The summed E-state index contributed by atoms with van der Waals surface area (Å²) in [6, 6.07) is 0. The summed E-state index contributed by atoms with van der Waals surface area (Å²) in [6.07, 6.45) is 5.41. The summed E-state index contributed by atoms with van der Waals surface area (Å²) in [7, 11) is 0. The molecule has 0 N–H and O–H groups in total. The van der Waals surface area contributed by atoms with Crippen molar-refractivity contribution < 1.29 is 14.3 Å². The average molecular weight is 230 g/mol. The highest BCUT2D eigenvalue weighted by Crippen LogP contribution is 2.06. The molecule has 96 valence electrons. The summed E-state index contributed by atoms with van der Waals surface area (Å²) in [5.41, 5.74) is 0. The first-order valence-corrected chi connectivity index (χ1v) is 6.54. The van der Waals surface area contributed by atoms with Gasteiger partial charge < -0.3 is 9.47 Å². The molecule has 0 fully saturated rings. The first-order chi connectivity index (χ1) is 7.76. The van der Waals surface area contributed by atoms with Crippen LogP contribution in [0, 0.1) is 0 Å². The second-order valence-corrected chi connectivity index (χ2v) is 4.02. The minimum Gasteiger partial charge on any atom is -0.464 e. The fourth-order valence-corrected chi connectivity index (χ4v) is 1.31. The first kappa shape index (κ1) is 15.4. The van der Waals surface area contributed by atoms with Crippen molar-refractivity contribution in [2.24, 2.45) is 0 Å². The van der Waals surface area contributed by atoms with Gasteiger partial charge in [0.25, 0.3) is 0 Å². The molecule has 0 aliphatic heterocycles. The first-order valence-electron chi connectivity index (χ1n) is 6.54. The van der Waals surface area contributed by atoms with Gasteiger partial charge in [-0.05, 0) is 19.3 Å². The summed E-state index contributed by atoms with van der Waals surface area (Å²) < 4.78 is 10.7. The van der Waals surface area contributed by atoms with Gasteiger partial charge in [-0.1, -0.05) is 40.0 Å². The second kappa shape index (κ2) is 10.9. The molecule has 0 rings (SSSR count). The zero-order valence-corrected chi connectivity index (χ0v) is 11.0. The number of unbranched alkanes of at least 4 members (excludes halogenated alkanes) is 2. The van der Waals surface area contributed by atoms with Crippen LogP contribution in [-0.4, -0.2) is 25.3 Å². The van der Waals surface area contributed by atoms with Crippen molar-refractivity contribution in [3.05, 3.63) is 0 Å². The van der Waals surface area contributed by atoms with E-state index in [2.05, 4.69) is 20.8 Å². The maximum Gasteiger partial charge on any atom is 0.335 e.